The lowest BCUT2D eigenvalue weighted by atomic mass is 10.2. The molecule has 0 spiro atoms. The first-order valence-electron chi connectivity index (χ1n) is 9.28. The first kappa shape index (κ1) is 20.7. The second-order valence-electron chi connectivity index (χ2n) is 6.31. The zero-order valence-electron chi connectivity index (χ0n) is 16.7. The summed E-state index contributed by atoms with van der Waals surface area (Å²) >= 11 is 1.48. The molecule has 29 heavy (non-hydrogen) atoms. The van der Waals surface area contributed by atoms with Crippen molar-refractivity contribution in [3.8, 4) is 17.2 Å². The van der Waals surface area contributed by atoms with E-state index in [0.29, 0.717) is 29.5 Å². The molecule has 0 atom stereocenters. The van der Waals surface area contributed by atoms with Crippen LogP contribution in [0.25, 0.3) is 0 Å². The number of nitrogens with one attached hydrogen (secondary N) is 1. The lowest BCUT2D eigenvalue weighted by Crippen LogP contribution is -2.15. The van der Waals surface area contributed by atoms with Crippen molar-refractivity contribution in [2.24, 2.45) is 0 Å². The molecule has 3 rings (SSSR count). The monoisotopic (exact) mass is 412 g/mol. The number of benzene rings is 2. The Kier molecular flexibility index (Phi) is 7.08. The van der Waals surface area contributed by atoms with Gasteiger partial charge in [-0.15, -0.1) is 11.3 Å². The number of carbonyl (C=O) groups excluding carboxylic acids is 1. The number of hydrogen-bond acceptors (Lipinski definition) is 6. The second-order valence-corrected chi connectivity index (χ2v) is 7.25. The third-order valence-corrected chi connectivity index (χ3v) is 5.19. The van der Waals surface area contributed by atoms with Gasteiger partial charge in [-0.25, -0.2) is 4.98 Å². The van der Waals surface area contributed by atoms with Crippen molar-refractivity contribution in [3.05, 3.63) is 64.1 Å². The number of nitrogens with zero attached hydrogens (tertiary/aromatic N) is 1. The summed E-state index contributed by atoms with van der Waals surface area (Å²) in [5.74, 6) is 1.84. The van der Waals surface area contributed by atoms with Crippen LogP contribution in [0.2, 0.25) is 0 Å². The van der Waals surface area contributed by atoms with Gasteiger partial charge in [0, 0.05) is 11.4 Å². The largest absolute Gasteiger partial charge is 0.497 e. The molecule has 0 bridgehead atoms. The number of carbonyl (C=O) groups is 1. The first-order valence-corrected chi connectivity index (χ1v) is 10.2. The molecule has 1 heterocycles. The number of ether oxygens (including phenoxy) is 3. The predicted molar refractivity (Wildman–Crippen MR) is 114 cm³/mol. The van der Waals surface area contributed by atoms with Crippen LogP contribution in [0, 0.1) is 0 Å². The highest BCUT2D eigenvalue weighted by atomic mass is 32.1. The maximum absolute atomic E-state index is 12.4. The van der Waals surface area contributed by atoms with Crippen LogP contribution in [0.15, 0.2) is 47.8 Å². The first-order chi connectivity index (χ1) is 14.1. The van der Waals surface area contributed by atoms with Crippen molar-refractivity contribution in [2.45, 2.75) is 26.4 Å². The Morgan fingerprint density at radius 2 is 1.83 bits per heavy atom. The molecule has 1 amide bonds. The Bertz CT molecular complexity index is 954. The summed E-state index contributed by atoms with van der Waals surface area (Å²) in [6, 6.07) is 13.3. The molecule has 0 saturated heterocycles. The third-order valence-electron chi connectivity index (χ3n) is 4.32. The topological polar surface area (TPSA) is 69.7 Å². The summed E-state index contributed by atoms with van der Waals surface area (Å²) in [6.45, 7) is 2.49. The van der Waals surface area contributed by atoms with Crippen molar-refractivity contribution in [1.29, 1.82) is 0 Å². The standard InChI is InChI=1S/C22H24N2O4S/c1-4-15-5-7-17(8-6-15)28-13-22-23-16(14-29-22)11-21(25)24-19-12-18(26-2)9-10-20(19)27-3/h5-10,12,14H,4,11,13H2,1-3H3,(H,24,25). The van der Waals surface area contributed by atoms with Crippen molar-refractivity contribution < 1.29 is 19.0 Å². The molecule has 1 aromatic heterocycles. The van der Waals surface area contributed by atoms with Crippen molar-refractivity contribution in [1.82, 2.24) is 4.98 Å². The van der Waals surface area contributed by atoms with Crippen LogP contribution >= 0.6 is 11.3 Å². The molecule has 3 aromatic rings. The SMILES string of the molecule is CCc1ccc(OCc2nc(CC(=O)Nc3cc(OC)ccc3OC)cs2)cc1. The molecule has 0 radical (unpaired) electrons. The molecule has 0 saturated carbocycles. The molecule has 0 aliphatic carbocycles. The number of thiazole rings is 1. The van der Waals surface area contributed by atoms with Gasteiger partial charge in [0.25, 0.3) is 0 Å². The Morgan fingerprint density at radius 3 is 2.52 bits per heavy atom. The van der Waals surface area contributed by atoms with E-state index in [9.17, 15) is 4.79 Å². The molecule has 1 N–H and O–H groups in total. The molecule has 0 unspecified atom stereocenters. The molecule has 0 aliphatic rings. The van der Waals surface area contributed by atoms with Crippen LogP contribution in [0.3, 0.4) is 0 Å². The van der Waals surface area contributed by atoms with Crippen LogP contribution < -0.4 is 19.5 Å². The fourth-order valence-corrected chi connectivity index (χ4v) is 3.44. The van der Waals surface area contributed by atoms with E-state index in [4.69, 9.17) is 14.2 Å². The maximum atomic E-state index is 12.4. The smallest absolute Gasteiger partial charge is 0.230 e. The fourth-order valence-electron chi connectivity index (χ4n) is 2.73. The second kappa shape index (κ2) is 9.93. The Morgan fingerprint density at radius 1 is 1.07 bits per heavy atom. The van der Waals surface area contributed by atoms with Gasteiger partial charge < -0.3 is 19.5 Å². The average Bonchev–Trinajstić information content (AvgIpc) is 3.19. The zero-order valence-corrected chi connectivity index (χ0v) is 17.5. The minimum atomic E-state index is -0.176. The van der Waals surface area contributed by atoms with Crippen molar-refractivity contribution in [2.75, 3.05) is 19.5 Å². The summed E-state index contributed by atoms with van der Waals surface area (Å²) in [5, 5.41) is 5.55. The number of anilines is 1. The van der Waals surface area contributed by atoms with Crippen molar-refractivity contribution in [3.63, 3.8) is 0 Å². The number of amides is 1. The fraction of sp³-hybridized carbons (Fsp3) is 0.273. The summed E-state index contributed by atoms with van der Waals surface area (Å²) < 4.78 is 16.3. The van der Waals surface area contributed by atoms with E-state index < -0.39 is 0 Å². The highest BCUT2D eigenvalue weighted by Crippen LogP contribution is 2.29. The normalized spacial score (nSPS) is 10.4. The van der Waals surface area contributed by atoms with Crippen LogP contribution in [0.5, 0.6) is 17.2 Å². The number of aryl methyl sites for hydroxylation is 1. The molecular formula is C22H24N2O4S. The van der Waals surface area contributed by atoms with Gasteiger partial charge in [0.15, 0.2) is 0 Å². The van der Waals surface area contributed by atoms with Crippen LogP contribution in [0.1, 0.15) is 23.2 Å². The van der Waals surface area contributed by atoms with Gasteiger partial charge in [0.1, 0.15) is 28.9 Å². The zero-order chi connectivity index (χ0) is 20.6. The average molecular weight is 413 g/mol. The number of aromatic nitrogens is 1. The lowest BCUT2D eigenvalue weighted by Gasteiger charge is -2.11. The summed E-state index contributed by atoms with van der Waals surface area (Å²) in [5.41, 5.74) is 2.54. The molecule has 6 nitrogen and oxygen atoms in total. The molecule has 0 fully saturated rings. The summed E-state index contributed by atoms with van der Waals surface area (Å²) in [7, 11) is 3.13. The number of rotatable bonds is 9. The van der Waals surface area contributed by atoms with E-state index >= 15 is 0 Å². The van der Waals surface area contributed by atoms with Crippen LogP contribution in [-0.2, 0) is 24.2 Å². The number of hydrogen-bond donors (Lipinski definition) is 1. The van der Waals surface area contributed by atoms with Crippen molar-refractivity contribution >= 4 is 22.9 Å². The molecule has 0 aliphatic heterocycles. The van der Waals surface area contributed by atoms with E-state index in [2.05, 4.69) is 29.4 Å². The van der Waals surface area contributed by atoms with E-state index in [1.54, 1.807) is 32.4 Å². The van der Waals surface area contributed by atoms with Gasteiger partial charge in [-0.1, -0.05) is 19.1 Å². The minimum absolute atomic E-state index is 0.169. The Balaban J connectivity index is 1.56. The van der Waals surface area contributed by atoms with E-state index in [0.717, 1.165) is 17.2 Å². The quantitative estimate of drug-likeness (QED) is 0.561. The van der Waals surface area contributed by atoms with E-state index in [-0.39, 0.29) is 12.3 Å². The van der Waals surface area contributed by atoms with Crippen LogP contribution in [-0.4, -0.2) is 25.1 Å². The molecule has 7 heteroatoms. The van der Waals surface area contributed by atoms with Crippen LogP contribution in [0.4, 0.5) is 5.69 Å². The number of methoxy groups -OCH3 is 2. The van der Waals surface area contributed by atoms with Gasteiger partial charge in [-0.2, -0.15) is 0 Å². The highest BCUT2D eigenvalue weighted by molar-refractivity contribution is 7.09. The highest BCUT2D eigenvalue weighted by Gasteiger charge is 2.12. The summed E-state index contributed by atoms with van der Waals surface area (Å²) in [4.78, 5) is 16.9. The van der Waals surface area contributed by atoms with Gasteiger partial charge in [-0.3, -0.25) is 4.79 Å². The third kappa shape index (κ3) is 5.71. The van der Waals surface area contributed by atoms with E-state index in [1.807, 2.05) is 17.5 Å². The molecule has 152 valence electrons. The van der Waals surface area contributed by atoms with E-state index in [1.165, 1.54) is 16.9 Å². The van der Waals surface area contributed by atoms with Gasteiger partial charge in [0.2, 0.25) is 5.91 Å². The molecular weight excluding hydrogens is 388 g/mol. The maximum Gasteiger partial charge on any atom is 0.230 e. The van der Waals surface area contributed by atoms with Gasteiger partial charge in [0.05, 0.1) is 32.0 Å². The molecule has 2 aromatic carbocycles. The summed E-state index contributed by atoms with van der Waals surface area (Å²) in [6.07, 6.45) is 1.17. The lowest BCUT2D eigenvalue weighted by molar-refractivity contribution is -0.115. The van der Waals surface area contributed by atoms with Gasteiger partial charge in [-0.05, 0) is 36.2 Å². The Hall–Kier alpha value is -3.06. The minimum Gasteiger partial charge on any atom is -0.497 e. The Labute approximate surface area is 174 Å². The van der Waals surface area contributed by atoms with Gasteiger partial charge >= 0.3 is 0 Å². The predicted octanol–water partition coefficient (Wildman–Crippen LogP) is 4.48.